The first kappa shape index (κ1) is 10.6. The smallest absolute Gasteiger partial charge is 0.0456 e. The molecule has 1 saturated carbocycles. The lowest BCUT2D eigenvalue weighted by molar-refractivity contribution is 0.504. The summed E-state index contributed by atoms with van der Waals surface area (Å²) in [6, 6.07) is 5.83. The number of rotatable bonds is 1. The molecule has 0 heterocycles. The summed E-state index contributed by atoms with van der Waals surface area (Å²) in [5, 5.41) is 1.49. The molecular weight excluding hydrogens is 241 g/mol. The van der Waals surface area contributed by atoms with E-state index in [1.807, 2.05) is 18.2 Å². The first-order valence-corrected chi connectivity index (χ1v) is 6.32. The van der Waals surface area contributed by atoms with Gasteiger partial charge in [-0.25, -0.2) is 0 Å². The van der Waals surface area contributed by atoms with Gasteiger partial charge in [0.25, 0.3) is 0 Å². The second-order valence-corrected chi connectivity index (χ2v) is 5.50. The summed E-state index contributed by atoms with van der Waals surface area (Å²) < 4.78 is 0. The number of nitrogens with two attached hydrogens (primary N) is 1. The lowest BCUT2D eigenvalue weighted by atomic mass is 9.83. The fraction of sp³-hybridized carbons (Fsp3) is 0.385. The Labute approximate surface area is 105 Å². The summed E-state index contributed by atoms with van der Waals surface area (Å²) in [7, 11) is 0. The van der Waals surface area contributed by atoms with Crippen molar-refractivity contribution in [2.45, 2.75) is 18.4 Å². The zero-order chi connectivity index (χ0) is 11.3. The van der Waals surface area contributed by atoms with Crippen molar-refractivity contribution in [3.05, 3.63) is 46.0 Å². The third kappa shape index (κ3) is 1.42. The maximum absolute atomic E-state index is 6.27. The van der Waals surface area contributed by atoms with Gasteiger partial charge in [-0.2, -0.15) is 0 Å². The molecule has 16 heavy (non-hydrogen) atoms. The second-order valence-electron chi connectivity index (χ2n) is 4.69. The molecular formula is C13H13Cl2N. The van der Waals surface area contributed by atoms with E-state index in [9.17, 15) is 0 Å². The van der Waals surface area contributed by atoms with Gasteiger partial charge < -0.3 is 5.73 Å². The molecule has 2 aliphatic rings. The molecule has 1 fully saturated rings. The molecule has 0 amide bonds. The number of hydrogen-bond donors (Lipinski definition) is 1. The van der Waals surface area contributed by atoms with Gasteiger partial charge in [0.2, 0.25) is 0 Å². The van der Waals surface area contributed by atoms with E-state index >= 15 is 0 Å². The van der Waals surface area contributed by atoms with Gasteiger partial charge in [-0.15, -0.1) is 0 Å². The van der Waals surface area contributed by atoms with Gasteiger partial charge in [0, 0.05) is 22.0 Å². The third-order valence-corrected chi connectivity index (χ3v) is 4.51. The molecule has 3 heteroatoms. The van der Waals surface area contributed by atoms with Crippen LogP contribution in [0.15, 0.2) is 30.4 Å². The summed E-state index contributed by atoms with van der Waals surface area (Å²) in [5.74, 6) is 1.30. The Balaban J connectivity index is 2.08. The topological polar surface area (TPSA) is 26.0 Å². The van der Waals surface area contributed by atoms with Crippen LogP contribution >= 0.6 is 23.2 Å². The standard InChI is InChI=1S/C13H13Cl2N/c14-9-2-1-3-10(15)12(9)11-7-4-5-8(6-7)13(11)16/h1-5,7-8,11,13H,6,16H2/t7-,8+,11-,13?/m0/s1. The maximum atomic E-state index is 6.27. The fourth-order valence-electron chi connectivity index (χ4n) is 3.10. The van der Waals surface area contributed by atoms with E-state index in [-0.39, 0.29) is 12.0 Å². The van der Waals surface area contributed by atoms with Gasteiger partial charge in [-0.3, -0.25) is 0 Å². The number of halogens is 2. The first-order valence-electron chi connectivity index (χ1n) is 5.56. The second kappa shape index (κ2) is 3.76. The van der Waals surface area contributed by atoms with E-state index in [0.717, 1.165) is 22.0 Å². The summed E-state index contributed by atoms with van der Waals surface area (Å²) in [5.41, 5.74) is 7.30. The van der Waals surface area contributed by atoms with E-state index in [1.165, 1.54) is 0 Å². The molecule has 4 atom stereocenters. The molecule has 0 aromatic heterocycles. The van der Waals surface area contributed by atoms with E-state index < -0.39 is 0 Å². The highest BCUT2D eigenvalue weighted by atomic mass is 35.5. The van der Waals surface area contributed by atoms with Crippen LogP contribution in [-0.2, 0) is 0 Å². The van der Waals surface area contributed by atoms with Crippen LogP contribution in [0, 0.1) is 11.8 Å². The highest BCUT2D eigenvalue weighted by Crippen LogP contribution is 2.51. The highest BCUT2D eigenvalue weighted by Gasteiger charge is 2.44. The predicted molar refractivity (Wildman–Crippen MR) is 67.9 cm³/mol. The van der Waals surface area contributed by atoms with Crippen LogP contribution in [0.3, 0.4) is 0 Å². The van der Waals surface area contributed by atoms with E-state index in [2.05, 4.69) is 12.2 Å². The number of benzene rings is 1. The highest BCUT2D eigenvalue weighted by molar-refractivity contribution is 6.36. The molecule has 1 aromatic carbocycles. The lowest BCUT2D eigenvalue weighted by Gasteiger charge is -2.26. The van der Waals surface area contributed by atoms with Crippen molar-refractivity contribution < 1.29 is 0 Å². The Morgan fingerprint density at radius 1 is 1.06 bits per heavy atom. The van der Waals surface area contributed by atoms with Crippen LogP contribution in [0.5, 0.6) is 0 Å². The minimum Gasteiger partial charge on any atom is -0.327 e. The van der Waals surface area contributed by atoms with Gasteiger partial charge in [-0.1, -0.05) is 41.4 Å². The summed E-state index contributed by atoms with van der Waals surface area (Å²) >= 11 is 12.5. The first-order chi connectivity index (χ1) is 7.68. The van der Waals surface area contributed by atoms with Gasteiger partial charge >= 0.3 is 0 Å². The van der Waals surface area contributed by atoms with E-state index in [4.69, 9.17) is 28.9 Å². The summed E-state index contributed by atoms with van der Waals surface area (Å²) in [6.07, 6.45) is 5.64. The van der Waals surface area contributed by atoms with Crippen LogP contribution in [0.1, 0.15) is 17.9 Å². The molecule has 0 saturated heterocycles. The SMILES string of the molecule is NC1[C@@H]2C=C[C@@H](C2)[C@H]1c1c(Cl)cccc1Cl. The molecule has 2 N–H and O–H groups in total. The van der Waals surface area contributed by atoms with Crippen molar-refractivity contribution >= 4 is 23.2 Å². The number of allylic oxidation sites excluding steroid dienone is 1. The van der Waals surface area contributed by atoms with Gasteiger partial charge in [-0.05, 0) is 36.0 Å². The molecule has 0 radical (unpaired) electrons. The van der Waals surface area contributed by atoms with Gasteiger partial charge in [0.15, 0.2) is 0 Å². The van der Waals surface area contributed by atoms with Crippen molar-refractivity contribution in [1.29, 1.82) is 0 Å². The fourth-order valence-corrected chi connectivity index (χ4v) is 3.75. The Morgan fingerprint density at radius 3 is 2.25 bits per heavy atom. The lowest BCUT2D eigenvalue weighted by Crippen LogP contribution is -2.32. The van der Waals surface area contributed by atoms with E-state index in [0.29, 0.717) is 11.8 Å². The Bertz CT molecular complexity index is 435. The molecule has 1 nitrogen and oxygen atoms in total. The number of hydrogen-bond acceptors (Lipinski definition) is 1. The maximum Gasteiger partial charge on any atom is 0.0456 e. The monoisotopic (exact) mass is 253 g/mol. The molecule has 0 aliphatic heterocycles. The molecule has 2 aliphatic carbocycles. The molecule has 0 spiro atoms. The molecule has 1 aromatic rings. The van der Waals surface area contributed by atoms with Crippen molar-refractivity contribution in [3.8, 4) is 0 Å². The predicted octanol–water partition coefficient (Wildman–Crippen LogP) is 3.61. The van der Waals surface area contributed by atoms with Crippen LogP contribution < -0.4 is 5.73 Å². The Kier molecular flexibility index (Phi) is 2.50. The third-order valence-electron chi connectivity index (χ3n) is 3.85. The van der Waals surface area contributed by atoms with Crippen molar-refractivity contribution in [2.75, 3.05) is 0 Å². The van der Waals surface area contributed by atoms with Crippen molar-refractivity contribution in [1.82, 2.24) is 0 Å². The molecule has 2 bridgehead atoms. The average molecular weight is 254 g/mol. The largest absolute Gasteiger partial charge is 0.327 e. The summed E-state index contributed by atoms with van der Waals surface area (Å²) in [4.78, 5) is 0. The number of fused-ring (bicyclic) bond motifs is 2. The Morgan fingerprint density at radius 2 is 1.69 bits per heavy atom. The average Bonchev–Trinajstić information content (AvgIpc) is 2.81. The summed E-state index contributed by atoms with van der Waals surface area (Å²) in [6.45, 7) is 0. The normalized spacial score (nSPS) is 35.9. The van der Waals surface area contributed by atoms with Crippen LogP contribution in [0.4, 0.5) is 0 Å². The zero-order valence-corrected chi connectivity index (χ0v) is 10.2. The zero-order valence-electron chi connectivity index (χ0n) is 8.74. The van der Waals surface area contributed by atoms with Crippen LogP contribution in [0.2, 0.25) is 10.0 Å². The van der Waals surface area contributed by atoms with Crippen molar-refractivity contribution in [2.24, 2.45) is 17.6 Å². The van der Waals surface area contributed by atoms with Gasteiger partial charge in [0.05, 0.1) is 0 Å². The van der Waals surface area contributed by atoms with Crippen LogP contribution in [-0.4, -0.2) is 6.04 Å². The Hall–Kier alpha value is -0.500. The van der Waals surface area contributed by atoms with Crippen LogP contribution in [0.25, 0.3) is 0 Å². The molecule has 3 rings (SSSR count). The minimum atomic E-state index is 0.160. The van der Waals surface area contributed by atoms with E-state index in [1.54, 1.807) is 0 Å². The quantitative estimate of drug-likeness (QED) is 0.761. The van der Waals surface area contributed by atoms with Gasteiger partial charge in [0.1, 0.15) is 0 Å². The minimum absolute atomic E-state index is 0.160. The van der Waals surface area contributed by atoms with Crippen molar-refractivity contribution in [3.63, 3.8) is 0 Å². The molecule has 1 unspecified atom stereocenters. The molecule has 84 valence electrons.